The SMILES string of the molecule is O=C(NCC(=O)N1CCC[C@@H]1CO)NCc1ccc2c(c1)[C@H]1C[C@@H](N2)[C@H](O)CO1. The number of urea groups is 1. The van der Waals surface area contributed by atoms with E-state index in [9.17, 15) is 19.8 Å². The number of rotatable bonds is 5. The maximum atomic E-state index is 12.2. The molecule has 1 aromatic rings. The fourth-order valence-corrected chi connectivity index (χ4v) is 4.33. The summed E-state index contributed by atoms with van der Waals surface area (Å²) in [6.45, 7) is 1.13. The highest BCUT2D eigenvalue weighted by Gasteiger charge is 2.36. The number of ether oxygens (including phenoxy) is 1. The van der Waals surface area contributed by atoms with Crippen molar-refractivity contribution in [2.24, 2.45) is 0 Å². The van der Waals surface area contributed by atoms with E-state index < -0.39 is 12.1 Å². The van der Waals surface area contributed by atoms with Crippen LogP contribution in [-0.2, 0) is 16.1 Å². The Labute approximate surface area is 169 Å². The van der Waals surface area contributed by atoms with Crippen molar-refractivity contribution in [3.05, 3.63) is 29.3 Å². The number of amides is 3. The molecule has 4 rings (SSSR count). The molecule has 2 bridgehead atoms. The highest BCUT2D eigenvalue weighted by molar-refractivity contribution is 5.84. The minimum absolute atomic E-state index is 0.00887. The summed E-state index contributed by atoms with van der Waals surface area (Å²) >= 11 is 0. The van der Waals surface area contributed by atoms with Crippen LogP contribution in [0.5, 0.6) is 0 Å². The molecule has 0 aliphatic carbocycles. The van der Waals surface area contributed by atoms with Gasteiger partial charge in [-0.3, -0.25) is 4.79 Å². The molecule has 9 nitrogen and oxygen atoms in total. The van der Waals surface area contributed by atoms with Crippen molar-refractivity contribution >= 4 is 17.6 Å². The van der Waals surface area contributed by atoms with E-state index in [0.717, 1.165) is 36.1 Å². The van der Waals surface area contributed by atoms with Crippen LogP contribution in [0.2, 0.25) is 0 Å². The summed E-state index contributed by atoms with van der Waals surface area (Å²) < 4.78 is 5.75. The Morgan fingerprint density at radius 3 is 3.00 bits per heavy atom. The summed E-state index contributed by atoms with van der Waals surface area (Å²) in [4.78, 5) is 25.9. The molecule has 3 aliphatic rings. The minimum Gasteiger partial charge on any atom is -0.394 e. The summed E-state index contributed by atoms with van der Waals surface area (Å²) in [5.41, 5.74) is 2.92. The van der Waals surface area contributed by atoms with Gasteiger partial charge in [0.05, 0.1) is 44.1 Å². The van der Waals surface area contributed by atoms with Gasteiger partial charge in [0.2, 0.25) is 5.91 Å². The van der Waals surface area contributed by atoms with Gasteiger partial charge in [-0.05, 0) is 30.5 Å². The van der Waals surface area contributed by atoms with E-state index in [1.54, 1.807) is 4.90 Å². The first-order valence-electron chi connectivity index (χ1n) is 10.2. The standard InChI is InChI=1S/C20H28N4O5/c25-10-13-2-1-5-24(13)19(27)9-22-20(28)21-8-12-3-4-15-14(6-12)18-7-16(23-15)17(26)11-29-18/h3-4,6,13,16-18,23,25-26H,1-2,5,7-11H2,(H2,21,22,28)/t13-,16-,17-,18-/m1/s1. The third kappa shape index (κ3) is 4.31. The van der Waals surface area contributed by atoms with Crippen molar-refractivity contribution in [2.45, 2.75) is 50.1 Å². The van der Waals surface area contributed by atoms with Crippen LogP contribution >= 0.6 is 0 Å². The van der Waals surface area contributed by atoms with Crippen LogP contribution in [-0.4, -0.2) is 71.5 Å². The summed E-state index contributed by atoms with van der Waals surface area (Å²) in [7, 11) is 0. The normalized spacial score (nSPS) is 27.7. The van der Waals surface area contributed by atoms with E-state index in [-0.39, 0.29) is 37.2 Å². The maximum Gasteiger partial charge on any atom is 0.315 e. The first-order valence-corrected chi connectivity index (χ1v) is 10.2. The molecule has 0 unspecified atom stereocenters. The van der Waals surface area contributed by atoms with E-state index in [4.69, 9.17) is 4.74 Å². The zero-order valence-corrected chi connectivity index (χ0v) is 16.3. The Bertz CT molecular complexity index is 773. The van der Waals surface area contributed by atoms with Crippen molar-refractivity contribution in [1.29, 1.82) is 0 Å². The van der Waals surface area contributed by atoms with Gasteiger partial charge >= 0.3 is 6.03 Å². The minimum atomic E-state index is -0.500. The smallest absolute Gasteiger partial charge is 0.315 e. The number of benzene rings is 1. The predicted octanol–water partition coefficient (Wildman–Crippen LogP) is 0.0855. The molecular weight excluding hydrogens is 376 g/mol. The average Bonchev–Trinajstić information content (AvgIpc) is 3.22. The van der Waals surface area contributed by atoms with Crippen molar-refractivity contribution in [3.63, 3.8) is 0 Å². The molecule has 3 heterocycles. The molecule has 2 saturated heterocycles. The molecule has 1 aromatic carbocycles. The number of carbonyl (C=O) groups is 2. The number of nitrogens with one attached hydrogen (secondary N) is 3. The van der Waals surface area contributed by atoms with Gasteiger partial charge in [-0.25, -0.2) is 4.79 Å². The largest absolute Gasteiger partial charge is 0.394 e. The summed E-state index contributed by atoms with van der Waals surface area (Å²) in [6.07, 6.45) is 1.84. The molecule has 0 aromatic heterocycles. The van der Waals surface area contributed by atoms with Crippen LogP contribution in [0.1, 0.15) is 36.5 Å². The first-order chi connectivity index (χ1) is 14.0. The predicted molar refractivity (Wildman–Crippen MR) is 105 cm³/mol. The van der Waals surface area contributed by atoms with Gasteiger partial charge in [-0.2, -0.15) is 0 Å². The third-order valence-corrected chi connectivity index (χ3v) is 5.97. The number of anilines is 1. The lowest BCUT2D eigenvalue weighted by molar-refractivity contribution is -0.131. The number of hydrogen-bond donors (Lipinski definition) is 5. The maximum absolute atomic E-state index is 12.2. The van der Waals surface area contributed by atoms with Crippen molar-refractivity contribution in [1.82, 2.24) is 15.5 Å². The summed E-state index contributed by atoms with van der Waals surface area (Å²) in [5, 5.41) is 28.0. The second-order valence-corrected chi connectivity index (χ2v) is 7.90. The van der Waals surface area contributed by atoms with Gasteiger partial charge in [0.15, 0.2) is 0 Å². The number of aliphatic hydroxyl groups is 2. The van der Waals surface area contributed by atoms with E-state index in [1.807, 2.05) is 18.2 Å². The highest BCUT2D eigenvalue weighted by Crippen LogP contribution is 2.39. The molecule has 9 heteroatoms. The molecular formula is C20H28N4O5. The first kappa shape index (κ1) is 19.9. The second kappa shape index (κ2) is 8.56. The quantitative estimate of drug-likeness (QED) is 0.474. The van der Waals surface area contributed by atoms with E-state index in [0.29, 0.717) is 19.7 Å². The number of fused-ring (bicyclic) bond motifs is 4. The number of carbonyl (C=O) groups excluding carboxylic acids is 2. The van der Waals surface area contributed by atoms with Crippen LogP contribution < -0.4 is 16.0 Å². The van der Waals surface area contributed by atoms with Gasteiger partial charge in [-0.1, -0.05) is 6.07 Å². The monoisotopic (exact) mass is 404 g/mol. The van der Waals surface area contributed by atoms with Crippen LogP contribution in [0.25, 0.3) is 0 Å². The van der Waals surface area contributed by atoms with Gasteiger partial charge in [0.1, 0.15) is 0 Å². The van der Waals surface area contributed by atoms with Crippen LogP contribution in [0.15, 0.2) is 18.2 Å². The molecule has 0 spiro atoms. The van der Waals surface area contributed by atoms with E-state index in [2.05, 4.69) is 16.0 Å². The van der Waals surface area contributed by atoms with Gasteiger partial charge in [-0.15, -0.1) is 0 Å². The van der Waals surface area contributed by atoms with Crippen LogP contribution in [0, 0.1) is 0 Å². The zero-order valence-electron chi connectivity index (χ0n) is 16.3. The van der Waals surface area contributed by atoms with E-state index in [1.165, 1.54) is 0 Å². The lowest BCUT2D eigenvalue weighted by Gasteiger charge is -2.40. The van der Waals surface area contributed by atoms with Crippen LogP contribution in [0.4, 0.5) is 10.5 Å². The van der Waals surface area contributed by atoms with Gasteiger partial charge < -0.3 is 35.8 Å². The van der Waals surface area contributed by atoms with Gasteiger partial charge in [0.25, 0.3) is 0 Å². The molecule has 0 saturated carbocycles. The lowest BCUT2D eigenvalue weighted by Crippen LogP contribution is -2.46. The molecule has 3 aliphatic heterocycles. The van der Waals surface area contributed by atoms with Crippen molar-refractivity contribution in [2.75, 3.05) is 31.6 Å². The molecule has 5 N–H and O–H groups in total. The molecule has 3 amide bonds. The van der Waals surface area contributed by atoms with E-state index >= 15 is 0 Å². The number of aliphatic hydroxyl groups excluding tert-OH is 2. The number of hydrogen-bond acceptors (Lipinski definition) is 6. The number of nitrogens with zero attached hydrogens (tertiary/aromatic N) is 1. The Kier molecular flexibility index (Phi) is 5.89. The van der Waals surface area contributed by atoms with Crippen LogP contribution in [0.3, 0.4) is 0 Å². The molecule has 2 fully saturated rings. The summed E-state index contributed by atoms with van der Waals surface area (Å²) in [6, 6.07) is 5.32. The number of likely N-dealkylation sites (tertiary alicyclic amines) is 1. The Morgan fingerprint density at radius 1 is 1.31 bits per heavy atom. The molecule has 4 atom stereocenters. The fraction of sp³-hybridized carbons (Fsp3) is 0.600. The summed E-state index contributed by atoms with van der Waals surface area (Å²) in [5.74, 6) is -0.178. The Morgan fingerprint density at radius 2 is 2.17 bits per heavy atom. The zero-order chi connectivity index (χ0) is 20.4. The highest BCUT2D eigenvalue weighted by atomic mass is 16.5. The fourth-order valence-electron chi connectivity index (χ4n) is 4.33. The third-order valence-electron chi connectivity index (χ3n) is 5.97. The van der Waals surface area contributed by atoms with Crippen molar-refractivity contribution in [3.8, 4) is 0 Å². The lowest BCUT2D eigenvalue weighted by atomic mass is 9.89. The van der Waals surface area contributed by atoms with Gasteiger partial charge in [0, 0.05) is 30.8 Å². The molecule has 158 valence electrons. The second-order valence-electron chi connectivity index (χ2n) is 7.90. The Hall–Kier alpha value is -2.36. The molecule has 29 heavy (non-hydrogen) atoms. The average molecular weight is 404 g/mol. The van der Waals surface area contributed by atoms with Crippen molar-refractivity contribution < 1.29 is 24.5 Å². The Balaban J connectivity index is 1.27. The topological polar surface area (TPSA) is 123 Å². The molecule has 0 radical (unpaired) electrons.